The highest BCUT2D eigenvalue weighted by molar-refractivity contribution is 7.89. The molecule has 4 nitrogen and oxygen atoms in total. The van der Waals surface area contributed by atoms with Crippen LogP contribution in [0.15, 0.2) is 0 Å². The number of rotatable bonds is 6. The van der Waals surface area contributed by atoms with Gasteiger partial charge in [0.25, 0.3) is 0 Å². The number of nitrogens with two attached hydrogens (primary N) is 1. The number of hydrogen-bond acceptors (Lipinski definition) is 3. The highest BCUT2D eigenvalue weighted by Gasteiger charge is 2.26. The van der Waals surface area contributed by atoms with Crippen LogP contribution in [0.4, 0.5) is 0 Å². The second kappa shape index (κ2) is 5.67. The van der Waals surface area contributed by atoms with Crippen LogP contribution < -0.4 is 5.73 Å². The molecule has 0 radical (unpaired) electrons. The van der Waals surface area contributed by atoms with Gasteiger partial charge in [0, 0.05) is 13.6 Å². The van der Waals surface area contributed by atoms with E-state index in [0.29, 0.717) is 19.5 Å². The van der Waals surface area contributed by atoms with Gasteiger partial charge in [-0.25, -0.2) is 12.7 Å². The minimum absolute atomic E-state index is 0.0390. The van der Waals surface area contributed by atoms with Gasteiger partial charge in [-0.3, -0.25) is 0 Å². The van der Waals surface area contributed by atoms with Crippen molar-refractivity contribution in [2.45, 2.75) is 41.0 Å². The van der Waals surface area contributed by atoms with Gasteiger partial charge in [0.1, 0.15) is 0 Å². The summed E-state index contributed by atoms with van der Waals surface area (Å²) in [5, 5.41) is 0. The Bertz CT molecular complexity index is 329. The van der Waals surface area contributed by atoms with Crippen molar-refractivity contribution in [2.24, 2.45) is 16.6 Å². The molecule has 0 aromatic heterocycles. The summed E-state index contributed by atoms with van der Waals surface area (Å²) in [7, 11) is -1.52. The summed E-state index contributed by atoms with van der Waals surface area (Å²) in [5.74, 6) is 0.202. The molecule has 0 aromatic rings. The van der Waals surface area contributed by atoms with Crippen LogP contribution in [0, 0.1) is 10.8 Å². The highest BCUT2D eigenvalue weighted by atomic mass is 32.2. The van der Waals surface area contributed by atoms with E-state index < -0.39 is 10.0 Å². The lowest BCUT2D eigenvalue weighted by atomic mass is 9.94. The van der Waals surface area contributed by atoms with Crippen LogP contribution in [0.2, 0.25) is 0 Å². The maximum absolute atomic E-state index is 12.1. The summed E-state index contributed by atoms with van der Waals surface area (Å²) in [6, 6.07) is 0. The van der Waals surface area contributed by atoms with Gasteiger partial charge in [0.2, 0.25) is 10.0 Å². The Kier molecular flexibility index (Phi) is 5.63. The molecular formula is C12H28N2O2S. The number of sulfonamides is 1. The van der Waals surface area contributed by atoms with Gasteiger partial charge in [-0.2, -0.15) is 0 Å². The van der Waals surface area contributed by atoms with Gasteiger partial charge in [0.05, 0.1) is 5.75 Å². The number of hydrogen-bond donors (Lipinski definition) is 1. The minimum atomic E-state index is -3.16. The van der Waals surface area contributed by atoms with Crippen LogP contribution in [0.3, 0.4) is 0 Å². The first-order valence-corrected chi connectivity index (χ1v) is 7.65. The van der Waals surface area contributed by atoms with Gasteiger partial charge >= 0.3 is 0 Å². The van der Waals surface area contributed by atoms with E-state index in [9.17, 15) is 8.42 Å². The van der Waals surface area contributed by atoms with Crippen molar-refractivity contribution in [1.82, 2.24) is 4.31 Å². The van der Waals surface area contributed by atoms with Crippen LogP contribution in [0.25, 0.3) is 0 Å². The highest BCUT2D eigenvalue weighted by Crippen LogP contribution is 2.21. The fourth-order valence-electron chi connectivity index (χ4n) is 1.36. The Morgan fingerprint density at radius 3 is 1.94 bits per heavy atom. The molecule has 104 valence electrons. The van der Waals surface area contributed by atoms with E-state index in [4.69, 9.17) is 5.73 Å². The summed E-state index contributed by atoms with van der Waals surface area (Å²) in [4.78, 5) is 0. The second-order valence-electron chi connectivity index (χ2n) is 6.75. The van der Waals surface area contributed by atoms with Crippen LogP contribution in [0.1, 0.15) is 41.0 Å². The normalized spacial score (nSPS) is 14.4. The molecule has 0 unspecified atom stereocenters. The molecule has 0 spiro atoms. The maximum Gasteiger partial charge on any atom is 0.213 e. The standard InChI is InChI=1S/C12H28N2O2S/c1-11(2,3)7-8-17(15,16)14(6)10-12(4,5)9-13/h7-10,13H2,1-6H3. The monoisotopic (exact) mass is 264 g/mol. The van der Waals surface area contributed by atoms with Crippen molar-refractivity contribution >= 4 is 10.0 Å². The molecule has 0 fully saturated rings. The van der Waals surface area contributed by atoms with Crippen molar-refractivity contribution in [3.05, 3.63) is 0 Å². The first kappa shape index (κ1) is 16.9. The van der Waals surface area contributed by atoms with Crippen LogP contribution in [-0.2, 0) is 10.0 Å². The van der Waals surface area contributed by atoms with Crippen molar-refractivity contribution in [2.75, 3.05) is 25.9 Å². The Labute approximate surface area is 107 Å². The van der Waals surface area contributed by atoms with Gasteiger partial charge in [-0.1, -0.05) is 34.6 Å². The molecule has 0 aromatic carbocycles. The zero-order chi connectivity index (χ0) is 13.9. The molecule has 0 saturated heterocycles. The van der Waals surface area contributed by atoms with E-state index in [0.717, 1.165) is 0 Å². The zero-order valence-electron chi connectivity index (χ0n) is 12.1. The van der Waals surface area contributed by atoms with E-state index in [2.05, 4.69) is 0 Å². The molecule has 0 aliphatic carbocycles. The van der Waals surface area contributed by atoms with Crippen LogP contribution in [0.5, 0.6) is 0 Å². The van der Waals surface area contributed by atoms with E-state index in [1.54, 1.807) is 7.05 Å². The van der Waals surface area contributed by atoms with Crippen molar-refractivity contribution in [3.8, 4) is 0 Å². The van der Waals surface area contributed by atoms with E-state index in [1.807, 2.05) is 34.6 Å². The molecule has 5 heteroatoms. The molecule has 0 aliphatic rings. The van der Waals surface area contributed by atoms with E-state index >= 15 is 0 Å². The third-order valence-electron chi connectivity index (χ3n) is 2.79. The summed E-state index contributed by atoms with van der Waals surface area (Å²) >= 11 is 0. The molecule has 0 rings (SSSR count). The Hall–Kier alpha value is -0.130. The SMILES string of the molecule is CN(CC(C)(C)CN)S(=O)(=O)CCC(C)(C)C. The number of nitrogens with zero attached hydrogens (tertiary/aromatic N) is 1. The molecule has 0 bridgehead atoms. The quantitative estimate of drug-likeness (QED) is 0.793. The molecule has 0 amide bonds. The average Bonchev–Trinajstić information content (AvgIpc) is 2.13. The lowest BCUT2D eigenvalue weighted by Gasteiger charge is -2.29. The molecule has 0 atom stereocenters. The molecule has 0 saturated carbocycles. The Morgan fingerprint density at radius 2 is 1.59 bits per heavy atom. The van der Waals surface area contributed by atoms with E-state index in [-0.39, 0.29) is 16.6 Å². The maximum atomic E-state index is 12.1. The fraction of sp³-hybridized carbons (Fsp3) is 1.00. The first-order valence-electron chi connectivity index (χ1n) is 6.04. The predicted molar refractivity (Wildman–Crippen MR) is 73.3 cm³/mol. The third-order valence-corrected chi connectivity index (χ3v) is 4.59. The Balaban J connectivity index is 4.52. The topological polar surface area (TPSA) is 63.4 Å². The minimum Gasteiger partial charge on any atom is -0.330 e. The summed E-state index contributed by atoms with van der Waals surface area (Å²) in [6.45, 7) is 11.0. The molecular weight excluding hydrogens is 236 g/mol. The van der Waals surface area contributed by atoms with Gasteiger partial charge in [-0.05, 0) is 23.8 Å². The summed E-state index contributed by atoms with van der Waals surface area (Å²) < 4.78 is 25.5. The largest absolute Gasteiger partial charge is 0.330 e. The lowest BCUT2D eigenvalue weighted by Crippen LogP contribution is -2.41. The fourth-order valence-corrected chi connectivity index (χ4v) is 3.08. The van der Waals surface area contributed by atoms with Gasteiger partial charge < -0.3 is 5.73 Å². The van der Waals surface area contributed by atoms with Crippen molar-refractivity contribution < 1.29 is 8.42 Å². The smallest absolute Gasteiger partial charge is 0.213 e. The molecule has 2 N–H and O–H groups in total. The lowest BCUT2D eigenvalue weighted by molar-refractivity contribution is 0.290. The van der Waals surface area contributed by atoms with Gasteiger partial charge in [-0.15, -0.1) is 0 Å². The third kappa shape index (κ3) is 7.01. The second-order valence-corrected chi connectivity index (χ2v) is 8.95. The predicted octanol–water partition coefficient (Wildman–Crippen LogP) is 1.67. The van der Waals surface area contributed by atoms with Crippen molar-refractivity contribution in [1.29, 1.82) is 0 Å². The molecule has 0 aliphatic heterocycles. The van der Waals surface area contributed by atoms with Crippen LogP contribution >= 0.6 is 0 Å². The summed E-state index contributed by atoms with van der Waals surface area (Å²) in [5.41, 5.74) is 5.48. The van der Waals surface area contributed by atoms with Gasteiger partial charge in [0.15, 0.2) is 0 Å². The van der Waals surface area contributed by atoms with Crippen LogP contribution in [-0.4, -0.2) is 38.6 Å². The Morgan fingerprint density at radius 1 is 1.12 bits per heavy atom. The molecule has 0 heterocycles. The van der Waals surface area contributed by atoms with Crippen molar-refractivity contribution in [3.63, 3.8) is 0 Å². The molecule has 17 heavy (non-hydrogen) atoms. The summed E-state index contributed by atoms with van der Waals surface area (Å²) in [6.07, 6.45) is 0.669. The zero-order valence-corrected chi connectivity index (χ0v) is 12.9. The average molecular weight is 264 g/mol. The first-order chi connectivity index (χ1) is 7.40. The van der Waals surface area contributed by atoms with E-state index in [1.165, 1.54) is 4.31 Å².